The molecule has 0 spiro atoms. The molecule has 2 aliphatic rings. The number of halogens is 2. The van der Waals surface area contributed by atoms with Gasteiger partial charge in [-0.1, -0.05) is 47.0 Å². The highest BCUT2D eigenvalue weighted by Crippen LogP contribution is 2.45. The Balaban J connectivity index is 1.95. The molecule has 4 rings (SSSR count). The summed E-state index contributed by atoms with van der Waals surface area (Å²) in [5, 5.41) is 4.29. The first kappa shape index (κ1) is 14.6. The van der Waals surface area contributed by atoms with Crippen LogP contribution in [0.15, 0.2) is 47.7 Å². The summed E-state index contributed by atoms with van der Waals surface area (Å²) in [5.41, 5.74) is 5.57. The van der Waals surface area contributed by atoms with Crippen LogP contribution < -0.4 is 5.32 Å². The number of ether oxygens (including phenoxy) is 1. The lowest BCUT2D eigenvalue weighted by Crippen LogP contribution is -2.20. The maximum Gasteiger partial charge on any atom is 0.337 e. The molecule has 0 amide bonds. The highest BCUT2D eigenvalue weighted by Gasteiger charge is 2.38. The third kappa shape index (κ3) is 2.32. The number of hydrogen-bond donors (Lipinski definition) is 1. The number of aryl methyl sites for hydroxylation is 1. The zero-order valence-electron chi connectivity index (χ0n) is 12.3. The van der Waals surface area contributed by atoms with E-state index in [0.717, 1.165) is 28.1 Å². The zero-order chi connectivity index (χ0) is 16.1. The summed E-state index contributed by atoms with van der Waals surface area (Å²) in [6.45, 7) is 2.31. The number of rotatable bonds is 1. The molecule has 0 aliphatic carbocycles. The molecule has 1 atom stereocenters. The predicted molar refractivity (Wildman–Crippen MR) is 91.1 cm³/mol. The van der Waals surface area contributed by atoms with Gasteiger partial charge in [-0.15, -0.1) is 0 Å². The molecule has 5 heteroatoms. The molecule has 0 aromatic heterocycles. The van der Waals surface area contributed by atoms with Crippen molar-refractivity contribution in [2.24, 2.45) is 0 Å². The van der Waals surface area contributed by atoms with Crippen molar-refractivity contribution in [1.29, 1.82) is 0 Å². The van der Waals surface area contributed by atoms with Crippen LogP contribution in [0, 0.1) is 6.92 Å². The van der Waals surface area contributed by atoms with Gasteiger partial charge in [-0.3, -0.25) is 0 Å². The number of carbonyl (C=O) groups is 1. The highest BCUT2D eigenvalue weighted by atomic mass is 35.5. The van der Waals surface area contributed by atoms with Crippen LogP contribution in [0.4, 0.5) is 5.69 Å². The van der Waals surface area contributed by atoms with E-state index in [1.165, 1.54) is 0 Å². The molecule has 2 aliphatic heterocycles. The summed E-state index contributed by atoms with van der Waals surface area (Å²) < 4.78 is 5.23. The normalized spacial score (nSPS) is 19.1. The Morgan fingerprint density at radius 1 is 1.13 bits per heavy atom. The average molecular weight is 346 g/mol. The Bertz CT molecular complexity index is 873. The SMILES string of the molecule is Cc1ccc2c(c1)C(c1ccc(Cl)c(Cl)c1)C1=C(COC1=O)N2. The van der Waals surface area contributed by atoms with Crippen molar-refractivity contribution < 1.29 is 9.53 Å². The maximum absolute atomic E-state index is 12.3. The zero-order valence-corrected chi connectivity index (χ0v) is 13.8. The van der Waals surface area contributed by atoms with Crippen LogP contribution in [0.1, 0.15) is 22.6 Å². The minimum Gasteiger partial charge on any atom is -0.456 e. The first-order valence-electron chi connectivity index (χ1n) is 7.27. The molecule has 2 heterocycles. The van der Waals surface area contributed by atoms with Gasteiger partial charge >= 0.3 is 5.97 Å². The van der Waals surface area contributed by atoms with Crippen LogP contribution in [0.5, 0.6) is 0 Å². The summed E-state index contributed by atoms with van der Waals surface area (Å²) in [7, 11) is 0. The Kier molecular flexibility index (Phi) is 3.36. The molecule has 0 fully saturated rings. The summed E-state index contributed by atoms with van der Waals surface area (Å²) in [6, 6.07) is 11.7. The van der Waals surface area contributed by atoms with Gasteiger partial charge < -0.3 is 10.1 Å². The lowest BCUT2D eigenvalue weighted by molar-refractivity contribution is -0.136. The van der Waals surface area contributed by atoms with Crippen molar-refractivity contribution in [2.75, 3.05) is 11.9 Å². The molecule has 0 radical (unpaired) electrons. The lowest BCUT2D eigenvalue weighted by atomic mass is 9.81. The van der Waals surface area contributed by atoms with E-state index < -0.39 is 0 Å². The maximum atomic E-state index is 12.3. The van der Waals surface area contributed by atoms with Crippen molar-refractivity contribution in [3.63, 3.8) is 0 Å². The third-order valence-corrected chi connectivity index (χ3v) is 5.00. The predicted octanol–water partition coefficient (Wildman–Crippen LogP) is 4.67. The molecule has 1 unspecified atom stereocenters. The minimum absolute atomic E-state index is 0.203. The Morgan fingerprint density at radius 3 is 2.74 bits per heavy atom. The number of fused-ring (bicyclic) bond motifs is 1. The topological polar surface area (TPSA) is 38.3 Å². The largest absolute Gasteiger partial charge is 0.456 e. The molecule has 0 bridgehead atoms. The molecule has 0 saturated carbocycles. The average Bonchev–Trinajstić information content (AvgIpc) is 2.89. The van der Waals surface area contributed by atoms with Crippen LogP contribution in [0.3, 0.4) is 0 Å². The van der Waals surface area contributed by atoms with E-state index in [0.29, 0.717) is 15.6 Å². The second-order valence-electron chi connectivity index (χ2n) is 5.79. The summed E-state index contributed by atoms with van der Waals surface area (Å²) >= 11 is 12.2. The van der Waals surface area contributed by atoms with E-state index >= 15 is 0 Å². The fourth-order valence-corrected chi connectivity index (χ4v) is 3.51. The van der Waals surface area contributed by atoms with Gasteiger partial charge in [-0.05, 0) is 36.2 Å². The van der Waals surface area contributed by atoms with Crippen LogP contribution in [0.2, 0.25) is 10.0 Å². The van der Waals surface area contributed by atoms with Crippen molar-refractivity contribution in [2.45, 2.75) is 12.8 Å². The number of nitrogens with one attached hydrogen (secondary N) is 1. The van der Waals surface area contributed by atoms with E-state index in [9.17, 15) is 4.79 Å². The van der Waals surface area contributed by atoms with Gasteiger partial charge in [0.2, 0.25) is 0 Å². The van der Waals surface area contributed by atoms with Crippen LogP contribution in [-0.4, -0.2) is 12.6 Å². The van der Waals surface area contributed by atoms with E-state index in [1.54, 1.807) is 6.07 Å². The number of esters is 1. The van der Waals surface area contributed by atoms with Gasteiger partial charge in [0, 0.05) is 11.6 Å². The molecular weight excluding hydrogens is 333 g/mol. The van der Waals surface area contributed by atoms with Crippen LogP contribution >= 0.6 is 23.2 Å². The van der Waals surface area contributed by atoms with Gasteiger partial charge in [-0.2, -0.15) is 0 Å². The van der Waals surface area contributed by atoms with Crippen LogP contribution in [-0.2, 0) is 9.53 Å². The van der Waals surface area contributed by atoms with Gasteiger partial charge in [0.15, 0.2) is 0 Å². The molecule has 2 aromatic carbocycles. The Labute approximate surface area is 143 Å². The number of benzene rings is 2. The van der Waals surface area contributed by atoms with Gasteiger partial charge in [0.1, 0.15) is 6.61 Å². The number of carbonyl (C=O) groups excluding carboxylic acids is 1. The van der Waals surface area contributed by atoms with Crippen molar-refractivity contribution >= 4 is 34.9 Å². The summed E-state index contributed by atoms with van der Waals surface area (Å²) in [4.78, 5) is 12.3. The number of cyclic esters (lactones) is 1. The highest BCUT2D eigenvalue weighted by molar-refractivity contribution is 6.42. The Morgan fingerprint density at radius 2 is 1.96 bits per heavy atom. The second kappa shape index (κ2) is 5.29. The summed E-state index contributed by atoms with van der Waals surface area (Å²) in [6.07, 6.45) is 0. The molecule has 3 nitrogen and oxygen atoms in total. The van der Waals surface area contributed by atoms with Crippen LogP contribution in [0.25, 0.3) is 0 Å². The molecular formula is C18H13Cl2NO2. The molecule has 0 saturated heterocycles. The first-order chi connectivity index (χ1) is 11.0. The van der Waals surface area contributed by atoms with E-state index in [2.05, 4.69) is 11.4 Å². The Hall–Kier alpha value is -1.97. The minimum atomic E-state index is -0.282. The van der Waals surface area contributed by atoms with E-state index in [4.69, 9.17) is 27.9 Å². The number of hydrogen-bond acceptors (Lipinski definition) is 3. The second-order valence-corrected chi connectivity index (χ2v) is 6.61. The summed E-state index contributed by atoms with van der Waals surface area (Å²) in [5.74, 6) is -0.485. The van der Waals surface area contributed by atoms with Gasteiger partial charge in [-0.25, -0.2) is 4.79 Å². The lowest BCUT2D eigenvalue weighted by Gasteiger charge is -2.27. The molecule has 1 N–H and O–H groups in total. The number of anilines is 1. The van der Waals surface area contributed by atoms with Gasteiger partial charge in [0.05, 0.1) is 21.3 Å². The molecule has 23 heavy (non-hydrogen) atoms. The van der Waals surface area contributed by atoms with Crippen molar-refractivity contribution in [3.05, 3.63) is 74.4 Å². The van der Waals surface area contributed by atoms with Crippen molar-refractivity contribution in [3.8, 4) is 0 Å². The first-order valence-corrected chi connectivity index (χ1v) is 8.03. The smallest absolute Gasteiger partial charge is 0.337 e. The van der Waals surface area contributed by atoms with Crippen molar-refractivity contribution in [1.82, 2.24) is 0 Å². The standard InChI is InChI=1S/C18H13Cl2NO2/c1-9-2-5-14-11(6-9)16(10-3-4-12(19)13(20)7-10)17-15(21-14)8-23-18(17)22/h2-7,16,21H,8H2,1H3. The molecule has 116 valence electrons. The molecule has 2 aromatic rings. The van der Waals surface area contributed by atoms with E-state index in [-0.39, 0.29) is 18.5 Å². The fraction of sp³-hybridized carbons (Fsp3) is 0.167. The van der Waals surface area contributed by atoms with E-state index in [1.807, 2.05) is 31.2 Å². The quantitative estimate of drug-likeness (QED) is 0.763. The fourth-order valence-electron chi connectivity index (χ4n) is 3.20. The monoisotopic (exact) mass is 345 g/mol. The van der Waals surface area contributed by atoms with Gasteiger partial charge in [0.25, 0.3) is 0 Å². The third-order valence-electron chi connectivity index (χ3n) is 4.26.